The van der Waals surface area contributed by atoms with Gasteiger partial charge in [0.2, 0.25) is 0 Å². The topological polar surface area (TPSA) is 15.3 Å². The van der Waals surface area contributed by atoms with Gasteiger partial charge in [-0.1, -0.05) is 61.2 Å². The fourth-order valence-electron chi connectivity index (χ4n) is 1.60. The summed E-state index contributed by atoms with van der Waals surface area (Å²) in [7, 11) is 1.97. The first-order chi connectivity index (χ1) is 7.18. The quantitative estimate of drug-likeness (QED) is 0.796. The zero-order chi connectivity index (χ0) is 10.8. The Bertz CT molecular complexity index is 353. The van der Waals surface area contributed by atoms with Gasteiger partial charge in [0.15, 0.2) is 4.32 Å². The minimum absolute atomic E-state index is 0.352. The lowest BCUT2D eigenvalue weighted by atomic mass is 10.0. The van der Waals surface area contributed by atoms with E-state index in [1.807, 2.05) is 18.1 Å². The van der Waals surface area contributed by atoms with Gasteiger partial charge in [0, 0.05) is 13.0 Å². The van der Waals surface area contributed by atoms with Crippen molar-refractivity contribution in [3.63, 3.8) is 0 Å². The molecule has 2 unspecified atom stereocenters. The maximum Gasteiger partial charge on any atom is 0.152 e. The maximum absolute atomic E-state index is 5.21. The normalized spacial score (nSPS) is 23.2. The number of nitrogens with one attached hydrogen (secondary N) is 1. The molecule has 0 amide bonds. The van der Waals surface area contributed by atoms with Crippen molar-refractivity contribution in [3.8, 4) is 0 Å². The molecule has 1 fully saturated rings. The van der Waals surface area contributed by atoms with Crippen molar-refractivity contribution < 1.29 is 0 Å². The van der Waals surface area contributed by atoms with E-state index in [-0.39, 0.29) is 0 Å². The molecule has 2 rings (SSSR count). The lowest BCUT2D eigenvalue weighted by Crippen LogP contribution is -2.35. The van der Waals surface area contributed by atoms with Gasteiger partial charge in [-0.15, -0.1) is 0 Å². The van der Waals surface area contributed by atoms with E-state index < -0.39 is 0 Å². The van der Waals surface area contributed by atoms with Gasteiger partial charge in [-0.3, -0.25) is 5.01 Å². The van der Waals surface area contributed by atoms with Crippen LogP contribution in [0.25, 0.3) is 0 Å². The molecule has 1 aromatic rings. The molecule has 0 bridgehead atoms. The van der Waals surface area contributed by atoms with Gasteiger partial charge in [0.25, 0.3) is 0 Å². The molecule has 1 heterocycles. The summed E-state index contributed by atoms with van der Waals surface area (Å²) >= 11 is 6.94. The monoisotopic (exact) mass is 238 g/mol. The predicted molar refractivity (Wildman–Crippen MR) is 69.7 cm³/mol. The Labute approximate surface area is 100 Å². The number of hydrazine groups is 1. The standard InChI is InChI=1S/C11H14N2S2/c1-8(9-6-4-3-5-7-9)10-12-13(2)11(14)15-10/h3-8,10,12H,1-2H3. The molecule has 1 N–H and O–H groups in total. The molecule has 15 heavy (non-hydrogen) atoms. The molecule has 2 atom stereocenters. The second-order valence-electron chi connectivity index (χ2n) is 3.69. The maximum atomic E-state index is 5.21. The van der Waals surface area contributed by atoms with E-state index in [2.05, 4.69) is 36.6 Å². The van der Waals surface area contributed by atoms with Crippen molar-refractivity contribution in [2.45, 2.75) is 18.2 Å². The van der Waals surface area contributed by atoms with Crippen LogP contribution in [-0.2, 0) is 0 Å². The molecule has 2 nitrogen and oxygen atoms in total. The van der Waals surface area contributed by atoms with Crippen molar-refractivity contribution in [3.05, 3.63) is 35.9 Å². The highest BCUT2D eigenvalue weighted by Crippen LogP contribution is 2.31. The summed E-state index contributed by atoms with van der Waals surface area (Å²) in [5, 5.41) is 2.27. The number of nitrogens with zero attached hydrogens (tertiary/aromatic N) is 1. The first-order valence-electron chi connectivity index (χ1n) is 4.94. The summed E-state index contributed by atoms with van der Waals surface area (Å²) < 4.78 is 0.919. The van der Waals surface area contributed by atoms with E-state index in [9.17, 15) is 0 Å². The molecule has 1 aliphatic heterocycles. The second kappa shape index (κ2) is 4.51. The van der Waals surface area contributed by atoms with E-state index in [1.165, 1.54) is 5.56 Å². The van der Waals surface area contributed by atoms with E-state index in [4.69, 9.17) is 12.2 Å². The fourth-order valence-corrected chi connectivity index (χ4v) is 2.97. The van der Waals surface area contributed by atoms with Crippen LogP contribution in [0.3, 0.4) is 0 Å². The summed E-state index contributed by atoms with van der Waals surface area (Å²) in [6.45, 7) is 2.22. The van der Waals surface area contributed by atoms with Gasteiger partial charge in [-0.25, -0.2) is 5.43 Å². The van der Waals surface area contributed by atoms with Crippen molar-refractivity contribution in [1.29, 1.82) is 0 Å². The third-order valence-electron chi connectivity index (χ3n) is 2.60. The summed E-state index contributed by atoms with van der Waals surface area (Å²) in [5.41, 5.74) is 4.70. The highest BCUT2D eigenvalue weighted by molar-refractivity contribution is 8.23. The van der Waals surface area contributed by atoms with Crippen LogP contribution in [0.4, 0.5) is 0 Å². The van der Waals surface area contributed by atoms with Crippen LogP contribution in [0.5, 0.6) is 0 Å². The Hall–Kier alpha value is -0.580. The zero-order valence-corrected chi connectivity index (χ0v) is 10.4. The number of thiocarbonyl (C=S) groups is 1. The highest BCUT2D eigenvalue weighted by Gasteiger charge is 2.29. The summed E-state index contributed by atoms with van der Waals surface area (Å²) in [4.78, 5) is 0. The zero-order valence-electron chi connectivity index (χ0n) is 8.81. The van der Waals surface area contributed by atoms with Gasteiger partial charge < -0.3 is 0 Å². The minimum Gasteiger partial charge on any atom is -0.295 e. The van der Waals surface area contributed by atoms with E-state index in [0.717, 1.165) is 4.32 Å². The Balaban J connectivity index is 2.10. The Morgan fingerprint density at radius 2 is 2.07 bits per heavy atom. The van der Waals surface area contributed by atoms with Gasteiger partial charge in [0.1, 0.15) is 0 Å². The Morgan fingerprint density at radius 3 is 2.60 bits per heavy atom. The van der Waals surface area contributed by atoms with Crippen molar-refractivity contribution >= 4 is 28.3 Å². The lowest BCUT2D eigenvalue weighted by molar-refractivity contribution is 0.361. The molecule has 0 spiro atoms. The molecule has 0 aliphatic carbocycles. The highest BCUT2D eigenvalue weighted by atomic mass is 32.2. The number of hydrogen-bond acceptors (Lipinski definition) is 3. The molecule has 0 saturated carbocycles. The van der Waals surface area contributed by atoms with Crippen molar-refractivity contribution in [2.24, 2.45) is 0 Å². The first kappa shape index (κ1) is 10.9. The molecule has 1 aliphatic rings. The summed E-state index contributed by atoms with van der Waals surface area (Å²) in [6.07, 6.45) is 0. The van der Waals surface area contributed by atoms with Crippen LogP contribution >= 0.6 is 24.0 Å². The average Bonchev–Trinajstić information content (AvgIpc) is 2.59. The SMILES string of the molecule is CC(c1ccccc1)C1NN(C)C(=S)S1. The van der Waals surface area contributed by atoms with E-state index >= 15 is 0 Å². The Morgan fingerprint density at radius 1 is 1.40 bits per heavy atom. The molecule has 4 heteroatoms. The van der Waals surface area contributed by atoms with E-state index in [1.54, 1.807) is 11.8 Å². The summed E-state index contributed by atoms with van der Waals surface area (Å²) in [6, 6.07) is 10.5. The van der Waals surface area contributed by atoms with Crippen molar-refractivity contribution in [1.82, 2.24) is 10.4 Å². The van der Waals surface area contributed by atoms with Crippen LogP contribution < -0.4 is 5.43 Å². The lowest BCUT2D eigenvalue weighted by Gasteiger charge is -2.19. The van der Waals surface area contributed by atoms with Crippen LogP contribution in [0, 0.1) is 0 Å². The number of benzene rings is 1. The van der Waals surface area contributed by atoms with Crippen LogP contribution in [-0.4, -0.2) is 21.8 Å². The Kier molecular flexibility index (Phi) is 3.29. The number of hydrogen-bond donors (Lipinski definition) is 1. The molecule has 0 radical (unpaired) electrons. The average molecular weight is 238 g/mol. The van der Waals surface area contributed by atoms with Crippen LogP contribution in [0.1, 0.15) is 18.4 Å². The largest absolute Gasteiger partial charge is 0.295 e. The van der Waals surface area contributed by atoms with Gasteiger partial charge in [-0.05, 0) is 5.56 Å². The van der Waals surface area contributed by atoms with E-state index in [0.29, 0.717) is 11.3 Å². The van der Waals surface area contributed by atoms with Crippen LogP contribution in [0.15, 0.2) is 30.3 Å². The van der Waals surface area contributed by atoms with Gasteiger partial charge in [-0.2, -0.15) is 0 Å². The van der Waals surface area contributed by atoms with Crippen molar-refractivity contribution in [2.75, 3.05) is 7.05 Å². The number of thioether (sulfide) groups is 1. The fraction of sp³-hybridized carbons (Fsp3) is 0.364. The molecule has 80 valence electrons. The smallest absolute Gasteiger partial charge is 0.152 e. The molecular formula is C11H14N2S2. The first-order valence-corrected chi connectivity index (χ1v) is 6.22. The predicted octanol–water partition coefficient (Wildman–Crippen LogP) is 2.58. The molecule has 0 aromatic heterocycles. The molecule has 1 saturated heterocycles. The molecule has 1 aromatic carbocycles. The second-order valence-corrected chi connectivity index (χ2v) is 5.47. The third-order valence-corrected chi connectivity index (χ3v) is 4.41. The van der Waals surface area contributed by atoms with Gasteiger partial charge >= 0.3 is 0 Å². The third kappa shape index (κ3) is 2.33. The van der Waals surface area contributed by atoms with Gasteiger partial charge in [0.05, 0.1) is 5.37 Å². The van der Waals surface area contributed by atoms with Crippen LogP contribution in [0.2, 0.25) is 0 Å². The minimum atomic E-state index is 0.352. The molecular weight excluding hydrogens is 224 g/mol. The summed E-state index contributed by atoms with van der Waals surface area (Å²) in [5.74, 6) is 0.457. The number of rotatable bonds is 2.